The molecular weight excluding hydrogens is 416 g/mol. The lowest BCUT2D eigenvalue weighted by Crippen LogP contribution is -2.48. The topological polar surface area (TPSA) is 105 Å². The Kier molecular flexibility index (Phi) is 5.62. The van der Waals surface area contributed by atoms with Gasteiger partial charge in [0.1, 0.15) is 17.1 Å². The fraction of sp³-hybridized carbons (Fsp3) is 0.318. The van der Waals surface area contributed by atoms with Gasteiger partial charge >= 0.3 is 0 Å². The van der Waals surface area contributed by atoms with Gasteiger partial charge in [0.05, 0.1) is 28.8 Å². The number of rotatable bonds is 4. The van der Waals surface area contributed by atoms with Crippen LogP contribution in [0.3, 0.4) is 0 Å². The van der Waals surface area contributed by atoms with E-state index in [9.17, 15) is 13.7 Å². The van der Waals surface area contributed by atoms with Crippen molar-refractivity contribution in [2.24, 2.45) is 0 Å². The van der Waals surface area contributed by atoms with Gasteiger partial charge in [-0.25, -0.2) is 4.18 Å². The molecule has 2 atom stereocenters. The van der Waals surface area contributed by atoms with E-state index in [2.05, 4.69) is 16.0 Å². The summed E-state index contributed by atoms with van der Waals surface area (Å²) in [7, 11) is -4.01. The Labute approximate surface area is 181 Å². The summed E-state index contributed by atoms with van der Waals surface area (Å²) in [5.74, 6) is 0. The Bertz CT molecular complexity index is 1290. The van der Waals surface area contributed by atoms with Crippen molar-refractivity contribution < 1.29 is 17.3 Å². The molecular formula is C22H22N4O4S. The third kappa shape index (κ3) is 4.23. The molecule has 8 nitrogen and oxygen atoms in total. The number of morpholine rings is 1. The van der Waals surface area contributed by atoms with Crippen LogP contribution in [-0.4, -0.2) is 43.9 Å². The van der Waals surface area contributed by atoms with Gasteiger partial charge in [0.25, 0.3) is 10.1 Å². The van der Waals surface area contributed by atoms with E-state index in [1.807, 2.05) is 18.7 Å². The molecule has 0 unspecified atom stereocenters. The van der Waals surface area contributed by atoms with Crippen LogP contribution < -0.4 is 4.90 Å². The molecule has 0 spiro atoms. The third-order valence-corrected chi connectivity index (χ3v) is 6.59. The first kappa shape index (κ1) is 21.2. The average molecular weight is 439 g/mol. The van der Waals surface area contributed by atoms with Crippen molar-refractivity contribution in [1.82, 2.24) is 9.97 Å². The van der Waals surface area contributed by atoms with Crippen molar-refractivity contribution in [1.29, 1.82) is 5.26 Å². The first-order valence-corrected chi connectivity index (χ1v) is 11.2. The van der Waals surface area contributed by atoms with E-state index < -0.39 is 16.4 Å². The molecule has 0 bridgehead atoms. The van der Waals surface area contributed by atoms with Crippen LogP contribution in [0.2, 0.25) is 0 Å². The van der Waals surface area contributed by atoms with Gasteiger partial charge in [0, 0.05) is 18.9 Å². The molecule has 0 amide bonds. The Morgan fingerprint density at radius 3 is 2.58 bits per heavy atom. The summed E-state index contributed by atoms with van der Waals surface area (Å²) < 4.78 is 37.1. The highest BCUT2D eigenvalue weighted by Gasteiger charge is 2.32. The van der Waals surface area contributed by atoms with Gasteiger partial charge < -0.3 is 9.64 Å². The lowest BCUT2D eigenvalue weighted by molar-refractivity contribution is -0.118. The van der Waals surface area contributed by atoms with Crippen molar-refractivity contribution in [2.45, 2.75) is 38.1 Å². The molecule has 0 radical (unpaired) electrons. The Morgan fingerprint density at radius 2 is 1.87 bits per heavy atom. The Balaban J connectivity index is 1.64. The molecule has 0 aliphatic carbocycles. The summed E-state index contributed by atoms with van der Waals surface area (Å²) in [5, 5.41) is 9.36. The van der Waals surface area contributed by atoms with Crippen molar-refractivity contribution >= 4 is 26.8 Å². The van der Waals surface area contributed by atoms with Crippen molar-refractivity contribution in [3.05, 3.63) is 59.4 Å². The molecule has 1 saturated heterocycles. The number of fused-ring (bicyclic) bond motifs is 1. The van der Waals surface area contributed by atoms with E-state index >= 15 is 0 Å². The minimum absolute atomic E-state index is 0.126. The summed E-state index contributed by atoms with van der Waals surface area (Å²) in [5.41, 5.74) is 3.84. The second kappa shape index (κ2) is 8.23. The average Bonchev–Trinajstić information content (AvgIpc) is 2.71. The molecule has 4 rings (SSSR count). The summed E-state index contributed by atoms with van der Waals surface area (Å²) in [6, 6.07) is 10.7. The van der Waals surface area contributed by atoms with Crippen LogP contribution in [0.4, 0.5) is 5.69 Å². The number of ether oxygens (including phenoxy) is 1. The molecule has 2 aromatic carbocycles. The van der Waals surface area contributed by atoms with Gasteiger partial charge in [0.2, 0.25) is 0 Å². The molecule has 0 saturated carbocycles. The number of hydrogen-bond donors (Lipinski definition) is 0. The molecule has 1 aliphatic rings. The molecule has 0 N–H and O–H groups in total. The number of aryl methyl sites for hydroxylation is 2. The molecule has 2 heterocycles. The van der Waals surface area contributed by atoms with Gasteiger partial charge in [0.15, 0.2) is 6.29 Å². The van der Waals surface area contributed by atoms with Crippen LogP contribution >= 0.6 is 0 Å². The quantitative estimate of drug-likeness (QED) is 0.572. The molecule has 3 aromatic rings. The first-order chi connectivity index (χ1) is 14.8. The van der Waals surface area contributed by atoms with E-state index in [-0.39, 0.29) is 17.5 Å². The van der Waals surface area contributed by atoms with Gasteiger partial charge in [-0.2, -0.15) is 13.7 Å². The summed E-state index contributed by atoms with van der Waals surface area (Å²) in [4.78, 5) is 10.8. The predicted octanol–water partition coefficient (Wildman–Crippen LogP) is 3.08. The zero-order chi connectivity index (χ0) is 22.2. The molecule has 160 valence electrons. The molecule has 1 aromatic heterocycles. The highest BCUT2D eigenvalue weighted by molar-refractivity contribution is 7.86. The standard InChI is InChI=1S/C22H22N4O4S/c1-14-4-7-19(15(2)10-14)31(27,28)30-20-13-26(12-16(3)29-20)18-6-5-17(11-23)21-22(18)25-9-8-24-21/h4-10,16,20H,12-13H2,1-3H3/t16-,20-/m1/s1. The monoisotopic (exact) mass is 438 g/mol. The van der Waals surface area contributed by atoms with Gasteiger partial charge in [-0.05, 0) is 44.5 Å². The smallest absolute Gasteiger partial charge is 0.299 e. The minimum atomic E-state index is -4.01. The number of benzene rings is 2. The largest absolute Gasteiger partial charge is 0.362 e. The third-order valence-electron chi connectivity index (χ3n) is 5.13. The maximum absolute atomic E-state index is 12.9. The normalized spacial score (nSPS) is 19.4. The van der Waals surface area contributed by atoms with E-state index in [1.54, 1.807) is 43.5 Å². The maximum Gasteiger partial charge on any atom is 0.299 e. The molecule has 9 heteroatoms. The van der Waals surface area contributed by atoms with Crippen LogP contribution in [0.15, 0.2) is 47.6 Å². The van der Waals surface area contributed by atoms with Crippen LogP contribution in [-0.2, 0) is 19.0 Å². The zero-order valence-corrected chi connectivity index (χ0v) is 18.3. The number of nitriles is 1. The van der Waals surface area contributed by atoms with E-state index in [0.29, 0.717) is 28.7 Å². The maximum atomic E-state index is 12.9. The number of anilines is 1. The zero-order valence-electron chi connectivity index (χ0n) is 17.4. The summed E-state index contributed by atoms with van der Waals surface area (Å²) in [6.45, 7) is 6.19. The molecule has 31 heavy (non-hydrogen) atoms. The van der Waals surface area contributed by atoms with Gasteiger partial charge in [-0.1, -0.05) is 17.7 Å². The highest BCUT2D eigenvalue weighted by Crippen LogP contribution is 2.30. The molecule has 1 fully saturated rings. The predicted molar refractivity (Wildman–Crippen MR) is 115 cm³/mol. The second-order valence-corrected chi connectivity index (χ2v) is 9.14. The van der Waals surface area contributed by atoms with E-state index in [1.165, 1.54) is 6.20 Å². The minimum Gasteiger partial charge on any atom is -0.362 e. The van der Waals surface area contributed by atoms with Crippen LogP contribution in [0, 0.1) is 25.2 Å². The molecule has 1 aliphatic heterocycles. The fourth-order valence-corrected chi connectivity index (χ4v) is 5.00. The fourth-order valence-electron chi connectivity index (χ4n) is 3.82. The van der Waals surface area contributed by atoms with Crippen molar-refractivity contribution in [2.75, 3.05) is 18.0 Å². The lowest BCUT2D eigenvalue weighted by Gasteiger charge is -2.37. The van der Waals surface area contributed by atoms with Crippen molar-refractivity contribution in [3.63, 3.8) is 0 Å². The SMILES string of the molecule is Cc1ccc(S(=O)(=O)O[C@@H]2CN(c3ccc(C#N)c4nccnc34)C[C@@H](C)O2)c(C)c1. The second-order valence-electron chi connectivity index (χ2n) is 7.60. The van der Waals surface area contributed by atoms with Crippen molar-refractivity contribution in [3.8, 4) is 6.07 Å². The number of hydrogen-bond acceptors (Lipinski definition) is 8. The van der Waals surface area contributed by atoms with Crippen LogP contribution in [0.1, 0.15) is 23.6 Å². The summed E-state index contributed by atoms with van der Waals surface area (Å²) in [6.07, 6.45) is 1.83. The Morgan fingerprint density at radius 1 is 1.13 bits per heavy atom. The van der Waals surface area contributed by atoms with E-state index in [4.69, 9.17) is 8.92 Å². The van der Waals surface area contributed by atoms with Gasteiger partial charge in [-0.15, -0.1) is 0 Å². The van der Waals surface area contributed by atoms with Crippen LogP contribution in [0.5, 0.6) is 0 Å². The number of nitrogens with zero attached hydrogens (tertiary/aromatic N) is 4. The van der Waals surface area contributed by atoms with E-state index in [0.717, 1.165) is 11.3 Å². The summed E-state index contributed by atoms with van der Waals surface area (Å²) >= 11 is 0. The van der Waals surface area contributed by atoms with Crippen LogP contribution in [0.25, 0.3) is 11.0 Å². The Hall–Kier alpha value is -3.06. The number of aromatic nitrogens is 2. The highest BCUT2D eigenvalue weighted by atomic mass is 32.2. The van der Waals surface area contributed by atoms with Gasteiger partial charge in [-0.3, -0.25) is 9.97 Å². The lowest BCUT2D eigenvalue weighted by atomic mass is 10.1. The first-order valence-electron chi connectivity index (χ1n) is 9.83.